The van der Waals surface area contributed by atoms with Crippen molar-refractivity contribution in [2.24, 2.45) is 0 Å². The number of hydrogen-bond acceptors (Lipinski definition) is 5. The summed E-state index contributed by atoms with van der Waals surface area (Å²) in [5.74, 6) is 0.724. The van der Waals surface area contributed by atoms with Gasteiger partial charge in [-0.15, -0.1) is 10.2 Å². The Morgan fingerprint density at radius 3 is 2.57 bits per heavy atom. The monoisotopic (exact) mass is 481 g/mol. The predicted molar refractivity (Wildman–Crippen MR) is 122 cm³/mol. The largest absolute Gasteiger partial charge is 0.411 e. The molecule has 0 saturated heterocycles. The van der Waals surface area contributed by atoms with E-state index in [1.54, 1.807) is 0 Å². The molecule has 2 aromatic heterocycles. The Hall–Kier alpha value is -2.64. The van der Waals surface area contributed by atoms with Crippen LogP contribution in [0.3, 0.4) is 0 Å². The molecule has 0 amide bonds. The minimum atomic E-state index is 0.0349. The zero-order chi connectivity index (χ0) is 21.3. The van der Waals surface area contributed by atoms with Crippen LogP contribution in [-0.2, 0) is 0 Å². The lowest BCUT2D eigenvalue weighted by Crippen LogP contribution is -2.05. The summed E-state index contributed by atoms with van der Waals surface area (Å²) in [6.07, 6.45) is 0. The summed E-state index contributed by atoms with van der Waals surface area (Å²) in [5.41, 5.74) is 5.71. The minimum Gasteiger partial charge on any atom is -0.411 e. The SMILES string of the molecule is Cc1cc(-n2c(C)cc(C(=O)CSc3nnc(-c4ccccc4)o3)c2C)ccc1Br. The van der Waals surface area contributed by atoms with E-state index in [9.17, 15) is 4.79 Å². The summed E-state index contributed by atoms with van der Waals surface area (Å²) in [7, 11) is 0. The van der Waals surface area contributed by atoms with Crippen molar-refractivity contribution in [1.82, 2.24) is 14.8 Å². The van der Waals surface area contributed by atoms with Crippen LogP contribution in [0.25, 0.3) is 17.1 Å². The van der Waals surface area contributed by atoms with Crippen molar-refractivity contribution in [1.29, 1.82) is 0 Å². The zero-order valence-electron chi connectivity index (χ0n) is 16.8. The molecule has 5 nitrogen and oxygen atoms in total. The fourth-order valence-corrected chi connectivity index (χ4v) is 4.27. The molecule has 0 fully saturated rings. The molecule has 0 atom stereocenters. The van der Waals surface area contributed by atoms with Gasteiger partial charge in [-0.05, 0) is 62.7 Å². The first-order valence-electron chi connectivity index (χ1n) is 9.44. The second kappa shape index (κ2) is 8.62. The molecule has 0 N–H and O–H groups in total. The van der Waals surface area contributed by atoms with E-state index in [1.807, 2.05) is 62.4 Å². The number of hydrogen-bond donors (Lipinski definition) is 0. The Bertz CT molecular complexity index is 1210. The molecule has 30 heavy (non-hydrogen) atoms. The quantitative estimate of drug-likeness (QED) is 0.242. The molecular weight excluding hydrogens is 462 g/mol. The lowest BCUT2D eigenvalue weighted by atomic mass is 10.2. The average Bonchev–Trinajstić information content (AvgIpc) is 3.33. The van der Waals surface area contributed by atoms with Crippen molar-refractivity contribution in [3.05, 3.63) is 81.6 Å². The van der Waals surface area contributed by atoms with E-state index < -0.39 is 0 Å². The first kappa shape index (κ1) is 20.6. The van der Waals surface area contributed by atoms with Crippen molar-refractivity contribution >= 4 is 33.5 Å². The zero-order valence-corrected chi connectivity index (χ0v) is 19.3. The van der Waals surface area contributed by atoms with Crippen LogP contribution in [0.1, 0.15) is 27.3 Å². The van der Waals surface area contributed by atoms with Crippen LogP contribution in [0, 0.1) is 20.8 Å². The molecule has 2 aromatic carbocycles. The van der Waals surface area contributed by atoms with Crippen LogP contribution in [0.15, 0.2) is 68.7 Å². The fraction of sp³-hybridized carbons (Fsp3) is 0.174. The molecule has 4 rings (SSSR count). The average molecular weight is 482 g/mol. The molecule has 0 unspecified atom stereocenters. The van der Waals surface area contributed by atoms with Gasteiger partial charge < -0.3 is 8.98 Å². The van der Waals surface area contributed by atoms with E-state index in [-0.39, 0.29) is 11.5 Å². The molecule has 0 aliphatic rings. The number of carbonyl (C=O) groups excluding carboxylic acids is 1. The summed E-state index contributed by atoms with van der Waals surface area (Å²) < 4.78 is 8.86. The number of aryl methyl sites for hydroxylation is 2. The normalized spacial score (nSPS) is 11.1. The predicted octanol–water partition coefficient (Wildman–Crippen LogP) is 6.19. The van der Waals surface area contributed by atoms with Crippen molar-refractivity contribution in [2.75, 3.05) is 5.75 Å². The van der Waals surface area contributed by atoms with Crippen molar-refractivity contribution in [3.8, 4) is 17.1 Å². The molecule has 152 valence electrons. The highest BCUT2D eigenvalue weighted by atomic mass is 79.9. The number of Topliss-reactive ketones (excluding diaryl/α,β-unsaturated/α-hetero) is 1. The summed E-state index contributed by atoms with van der Waals surface area (Å²) in [6, 6.07) is 17.7. The Labute approximate surface area is 187 Å². The summed E-state index contributed by atoms with van der Waals surface area (Å²) in [6.45, 7) is 6.04. The van der Waals surface area contributed by atoms with Gasteiger partial charge in [-0.2, -0.15) is 0 Å². The molecule has 0 spiro atoms. The van der Waals surface area contributed by atoms with Gasteiger partial charge in [0, 0.05) is 32.7 Å². The summed E-state index contributed by atoms with van der Waals surface area (Å²) >= 11 is 4.80. The molecule has 7 heteroatoms. The maximum Gasteiger partial charge on any atom is 0.277 e. The number of halogens is 1. The van der Waals surface area contributed by atoms with Crippen LogP contribution in [0.5, 0.6) is 0 Å². The number of benzene rings is 2. The van der Waals surface area contributed by atoms with Crippen LogP contribution >= 0.6 is 27.7 Å². The van der Waals surface area contributed by atoms with Crippen molar-refractivity contribution in [2.45, 2.75) is 26.0 Å². The third-order valence-corrected chi connectivity index (χ3v) is 6.59. The van der Waals surface area contributed by atoms with E-state index >= 15 is 0 Å². The van der Waals surface area contributed by atoms with Crippen LogP contribution in [-0.4, -0.2) is 26.3 Å². The third kappa shape index (κ3) is 4.13. The van der Waals surface area contributed by atoms with Gasteiger partial charge in [0.05, 0.1) is 5.75 Å². The molecule has 0 bridgehead atoms. The van der Waals surface area contributed by atoms with Gasteiger partial charge in [-0.25, -0.2) is 0 Å². The van der Waals surface area contributed by atoms with E-state index in [2.05, 4.69) is 43.7 Å². The number of nitrogens with zero attached hydrogens (tertiary/aromatic N) is 3. The van der Waals surface area contributed by atoms with Gasteiger partial charge in [-0.1, -0.05) is 45.9 Å². The lowest BCUT2D eigenvalue weighted by Gasteiger charge is -2.11. The minimum absolute atomic E-state index is 0.0349. The first-order chi connectivity index (χ1) is 14.4. The van der Waals surface area contributed by atoms with Gasteiger partial charge in [0.1, 0.15) is 0 Å². The maximum atomic E-state index is 12.9. The molecule has 4 aromatic rings. The number of aromatic nitrogens is 3. The number of ketones is 1. The molecule has 0 saturated carbocycles. The second-order valence-electron chi connectivity index (χ2n) is 7.00. The van der Waals surface area contributed by atoms with Gasteiger partial charge >= 0.3 is 0 Å². The van der Waals surface area contributed by atoms with Gasteiger partial charge in [-0.3, -0.25) is 4.79 Å². The van der Waals surface area contributed by atoms with Gasteiger partial charge in [0.2, 0.25) is 5.89 Å². The maximum absolute atomic E-state index is 12.9. The van der Waals surface area contributed by atoms with Gasteiger partial charge in [0.15, 0.2) is 5.78 Å². The van der Waals surface area contributed by atoms with E-state index in [4.69, 9.17) is 4.42 Å². The van der Waals surface area contributed by atoms with Gasteiger partial charge in [0.25, 0.3) is 5.22 Å². The molecular formula is C23H20BrN3O2S. The Balaban J connectivity index is 1.51. The summed E-state index contributed by atoms with van der Waals surface area (Å²) in [4.78, 5) is 12.9. The highest BCUT2D eigenvalue weighted by Crippen LogP contribution is 2.27. The third-order valence-electron chi connectivity index (χ3n) is 4.89. The van der Waals surface area contributed by atoms with E-state index in [0.717, 1.165) is 32.7 Å². The van der Waals surface area contributed by atoms with Crippen LogP contribution in [0.4, 0.5) is 0 Å². The molecule has 0 aliphatic heterocycles. The molecule has 0 radical (unpaired) electrons. The van der Waals surface area contributed by atoms with E-state index in [1.165, 1.54) is 11.8 Å². The van der Waals surface area contributed by atoms with Crippen molar-refractivity contribution in [3.63, 3.8) is 0 Å². The first-order valence-corrected chi connectivity index (χ1v) is 11.2. The van der Waals surface area contributed by atoms with E-state index in [0.29, 0.717) is 16.7 Å². The number of rotatable bonds is 6. The number of thioether (sulfide) groups is 1. The number of carbonyl (C=O) groups is 1. The lowest BCUT2D eigenvalue weighted by molar-refractivity contribution is 0.102. The highest BCUT2D eigenvalue weighted by molar-refractivity contribution is 9.10. The van der Waals surface area contributed by atoms with Crippen LogP contribution in [0.2, 0.25) is 0 Å². The topological polar surface area (TPSA) is 60.9 Å². The fourth-order valence-electron chi connectivity index (χ4n) is 3.38. The Morgan fingerprint density at radius 2 is 1.83 bits per heavy atom. The Morgan fingerprint density at radius 1 is 1.07 bits per heavy atom. The van der Waals surface area contributed by atoms with Crippen LogP contribution < -0.4 is 0 Å². The second-order valence-corrected chi connectivity index (χ2v) is 8.79. The highest BCUT2D eigenvalue weighted by Gasteiger charge is 2.18. The smallest absolute Gasteiger partial charge is 0.277 e. The summed E-state index contributed by atoms with van der Waals surface area (Å²) in [5, 5.41) is 8.51. The molecule has 0 aliphatic carbocycles. The van der Waals surface area contributed by atoms with Crippen molar-refractivity contribution < 1.29 is 9.21 Å². The Kier molecular flexibility index (Phi) is 5.92. The standard InChI is InChI=1S/C23H20BrN3O2S/c1-14-11-18(9-10-20(14)24)27-15(2)12-19(16(27)3)21(28)13-30-23-26-25-22(29-23)17-7-5-4-6-8-17/h4-12H,13H2,1-3H3. The molecule has 2 heterocycles.